The number of benzene rings is 2. The summed E-state index contributed by atoms with van der Waals surface area (Å²) in [4.78, 5) is 45.7. The lowest BCUT2D eigenvalue weighted by Gasteiger charge is -2.37. The zero-order chi connectivity index (χ0) is 29.9. The summed E-state index contributed by atoms with van der Waals surface area (Å²) < 4.78 is 12.4. The average molecular weight is 575 g/mol. The smallest absolute Gasteiger partial charge is 0.312 e. The number of carbonyl (C=O) groups is 3. The molecule has 3 heterocycles. The maximum atomic E-state index is 14.7. The van der Waals surface area contributed by atoms with Crippen LogP contribution in [0.1, 0.15) is 51.9 Å². The van der Waals surface area contributed by atoms with Crippen molar-refractivity contribution in [1.29, 1.82) is 0 Å². The lowest BCUT2D eigenvalue weighted by molar-refractivity contribution is -0.159. The monoisotopic (exact) mass is 574 g/mol. The number of hydrogen-bond donors (Lipinski definition) is 1. The molecule has 8 nitrogen and oxygen atoms in total. The molecule has 3 fully saturated rings. The van der Waals surface area contributed by atoms with Crippen molar-refractivity contribution < 1.29 is 29.0 Å². The second kappa shape index (κ2) is 12.4. The molecule has 3 aliphatic rings. The van der Waals surface area contributed by atoms with E-state index in [4.69, 9.17) is 9.47 Å². The van der Waals surface area contributed by atoms with Crippen LogP contribution in [0, 0.1) is 11.8 Å². The molecule has 224 valence electrons. The number of allylic oxidation sites excluding steroid dienone is 1. The van der Waals surface area contributed by atoms with Crippen molar-refractivity contribution in [3.05, 3.63) is 67.8 Å². The van der Waals surface area contributed by atoms with Gasteiger partial charge in [-0.2, -0.15) is 0 Å². The topological polar surface area (TPSA) is 96.4 Å². The molecule has 2 unspecified atom stereocenters. The third-order valence-corrected chi connectivity index (χ3v) is 9.24. The molecule has 1 N–H and O–H groups in total. The van der Waals surface area contributed by atoms with Gasteiger partial charge in [-0.25, -0.2) is 0 Å². The van der Waals surface area contributed by atoms with Gasteiger partial charge in [0.2, 0.25) is 5.91 Å². The van der Waals surface area contributed by atoms with E-state index in [-0.39, 0.29) is 38.1 Å². The summed E-state index contributed by atoms with van der Waals surface area (Å²) in [5.74, 6) is -2.53. The van der Waals surface area contributed by atoms with E-state index in [1.165, 1.54) is 0 Å². The molecule has 42 heavy (non-hydrogen) atoms. The molecule has 5 rings (SSSR count). The lowest BCUT2D eigenvalue weighted by Crippen LogP contribution is -2.56. The minimum atomic E-state index is -1.13. The molecule has 0 aliphatic carbocycles. The van der Waals surface area contributed by atoms with Crippen LogP contribution in [0.15, 0.2) is 67.8 Å². The first-order valence-electron chi connectivity index (χ1n) is 15.1. The lowest BCUT2D eigenvalue weighted by atomic mass is 9.66. The minimum Gasteiger partial charge on any atom is -0.465 e. The number of unbranched alkanes of at least 4 members (excludes halogenated alkanes) is 3. The molecule has 3 saturated heterocycles. The quantitative estimate of drug-likeness (QED) is 0.198. The van der Waals surface area contributed by atoms with Gasteiger partial charge in [0.05, 0.1) is 18.1 Å². The van der Waals surface area contributed by atoms with Crippen LogP contribution in [0.3, 0.4) is 0 Å². The number of carbonyl (C=O) groups excluding carboxylic acids is 3. The zero-order valence-corrected chi connectivity index (χ0v) is 24.5. The van der Waals surface area contributed by atoms with E-state index >= 15 is 0 Å². The van der Waals surface area contributed by atoms with E-state index < -0.39 is 35.0 Å². The predicted octanol–water partition coefficient (Wildman–Crippen LogP) is 4.80. The number of rotatable bonds is 14. The minimum absolute atomic E-state index is 0.00965. The third-order valence-electron chi connectivity index (χ3n) is 9.24. The Bertz CT molecular complexity index is 1360. The van der Waals surface area contributed by atoms with Crippen LogP contribution < -0.4 is 4.90 Å². The zero-order valence-electron chi connectivity index (χ0n) is 24.5. The molecule has 1 spiro atoms. The summed E-state index contributed by atoms with van der Waals surface area (Å²) in [6, 6.07) is 12.9. The van der Waals surface area contributed by atoms with Crippen LogP contribution in [-0.2, 0) is 23.9 Å². The number of likely N-dealkylation sites (tertiary alicyclic amines) is 1. The summed E-state index contributed by atoms with van der Waals surface area (Å²) >= 11 is 0. The molecule has 2 aromatic rings. The summed E-state index contributed by atoms with van der Waals surface area (Å²) in [6.45, 7) is 10.3. The van der Waals surface area contributed by atoms with E-state index in [1.807, 2.05) is 55.5 Å². The van der Waals surface area contributed by atoms with Gasteiger partial charge in [0.1, 0.15) is 17.6 Å². The van der Waals surface area contributed by atoms with Gasteiger partial charge in [0.25, 0.3) is 5.91 Å². The highest BCUT2D eigenvalue weighted by molar-refractivity contribution is 6.05. The fraction of sp³-hybridized carbons (Fsp3) is 0.500. The number of ether oxygens (including phenoxy) is 2. The van der Waals surface area contributed by atoms with Gasteiger partial charge in [0, 0.05) is 25.4 Å². The van der Waals surface area contributed by atoms with Crippen molar-refractivity contribution >= 4 is 34.2 Å². The molecule has 2 aromatic carbocycles. The highest BCUT2D eigenvalue weighted by Gasteiger charge is 2.78. The number of fused-ring (bicyclic) bond motifs is 2. The van der Waals surface area contributed by atoms with Gasteiger partial charge in [-0.05, 0) is 74.8 Å². The Kier molecular flexibility index (Phi) is 8.85. The Balaban J connectivity index is 1.49. The van der Waals surface area contributed by atoms with E-state index in [1.54, 1.807) is 15.9 Å². The number of hydrogen-bond acceptors (Lipinski definition) is 6. The molecule has 2 bridgehead atoms. The van der Waals surface area contributed by atoms with Crippen LogP contribution >= 0.6 is 0 Å². The van der Waals surface area contributed by atoms with Gasteiger partial charge < -0.3 is 24.4 Å². The standard InChI is InChI=1S/C34H42N2O6/c1-4-6-7-12-22-41-32(40)28-27-30(38)36(20-10-11-21-37)29(34(27)18-17-33(28,3)42-34)31(39)35(19-5-2)26-16-15-24-13-8-9-14-25(24)23-26/h4-5,8-9,13-16,23,27-29,37H,1-2,6-7,10-12,17-22H2,3H3/t27-,28-,29?,33+,34?/m0/s1. The first-order valence-corrected chi connectivity index (χ1v) is 15.1. The van der Waals surface area contributed by atoms with E-state index in [2.05, 4.69) is 13.2 Å². The number of aliphatic hydroxyl groups excluding tert-OH is 1. The molecule has 5 atom stereocenters. The van der Waals surface area contributed by atoms with Gasteiger partial charge in [0.15, 0.2) is 0 Å². The summed E-state index contributed by atoms with van der Waals surface area (Å²) in [7, 11) is 0. The first kappa shape index (κ1) is 30.0. The molecule has 3 aliphatic heterocycles. The Morgan fingerprint density at radius 2 is 1.88 bits per heavy atom. The number of aliphatic hydroxyl groups is 1. The molecule has 0 aromatic heterocycles. The van der Waals surface area contributed by atoms with E-state index in [0.29, 0.717) is 37.8 Å². The number of amides is 2. The molecular formula is C34H42N2O6. The first-order chi connectivity index (χ1) is 20.3. The Morgan fingerprint density at radius 1 is 1.10 bits per heavy atom. The predicted molar refractivity (Wildman–Crippen MR) is 162 cm³/mol. The van der Waals surface area contributed by atoms with Crippen molar-refractivity contribution in [2.75, 3.05) is 31.2 Å². The Morgan fingerprint density at radius 3 is 2.62 bits per heavy atom. The number of anilines is 1. The second-order valence-electron chi connectivity index (χ2n) is 11.9. The maximum Gasteiger partial charge on any atom is 0.312 e. The Hall–Kier alpha value is -3.49. The summed E-state index contributed by atoms with van der Waals surface area (Å²) in [6.07, 6.45) is 8.01. The fourth-order valence-electron chi connectivity index (χ4n) is 7.29. The SMILES string of the molecule is C=CCCCCOC(=O)[C@@H]1[C@H]2C(=O)N(CCCCO)C(C(=O)N(CC=C)c3ccc4ccccc4c3)C23CC[C@@]1(C)O3. The van der Waals surface area contributed by atoms with Gasteiger partial charge in [-0.1, -0.05) is 42.5 Å². The highest BCUT2D eigenvalue weighted by atomic mass is 16.6. The van der Waals surface area contributed by atoms with Crippen molar-refractivity contribution in [3.63, 3.8) is 0 Å². The summed E-state index contributed by atoms with van der Waals surface area (Å²) in [5.41, 5.74) is -1.32. The van der Waals surface area contributed by atoms with Gasteiger partial charge >= 0.3 is 5.97 Å². The molecular weight excluding hydrogens is 532 g/mol. The van der Waals surface area contributed by atoms with Crippen LogP contribution in [-0.4, -0.2) is 71.3 Å². The fourth-order valence-corrected chi connectivity index (χ4v) is 7.29. The van der Waals surface area contributed by atoms with Crippen LogP contribution in [0.2, 0.25) is 0 Å². The van der Waals surface area contributed by atoms with Crippen LogP contribution in [0.5, 0.6) is 0 Å². The summed E-state index contributed by atoms with van der Waals surface area (Å²) in [5, 5.41) is 11.5. The Labute approximate surface area is 248 Å². The molecule has 0 radical (unpaired) electrons. The largest absolute Gasteiger partial charge is 0.465 e. The number of esters is 1. The van der Waals surface area contributed by atoms with Crippen molar-refractivity contribution in [1.82, 2.24) is 4.90 Å². The molecule has 8 heteroatoms. The van der Waals surface area contributed by atoms with Crippen LogP contribution in [0.25, 0.3) is 10.8 Å². The van der Waals surface area contributed by atoms with Crippen LogP contribution in [0.4, 0.5) is 5.69 Å². The maximum absolute atomic E-state index is 14.7. The van der Waals surface area contributed by atoms with Gasteiger partial charge in [-0.15, -0.1) is 13.2 Å². The normalized spacial score (nSPS) is 27.7. The van der Waals surface area contributed by atoms with Gasteiger partial charge in [-0.3, -0.25) is 14.4 Å². The van der Waals surface area contributed by atoms with E-state index in [0.717, 1.165) is 23.6 Å². The van der Waals surface area contributed by atoms with Crippen molar-refractivity contribution in [2.24, 2.45) is 11.8 Å². The molecule has 0 saturated carbocycles. The number of nitrogens with zero attached hydrogens (tertiary/aromatic N) is 2. The molecule has 2 amide bonds. The third kappa shape index (κ3) is 5.15. The second-order valence-corrected chi connectivity index (χ2v) is 11.9. The van der Waals surface area contributed by atoms with Crippen molar-refractivity contribution in [2.45, 2.75) is 69.1 Å². The van der Waals surface area contributed by atoms with E-state index in [9.17, 15) is 19.5 Å². The van der Waals surface area contributed by atoms with Crippen molar-refractivity contribution in [3.8, 4) is 0 Å². The highest BCUT2D eigenvalue weighted by Crippen LogP contribution is 2.63. The average Bonchev–Trinajstić information content (AvgIpc) is 3.56.